The minimum atomic E-state index is -3.35. The summed E-state index contributed by atoms with van der Waals surface area (Å²) in [6.07, 6.45) is 0. The zero-order valence-corrected chi connectivity index (χ0v) is 11.1. The van der Waals surface area contributed by atoms with E-state index in [1.165, 1.54) is 18.2 Å². The second-order valence-corrected chi connectivity index (χ2v) is 4.47. The van der Waals surface area contributed by atoms with Crippen LogP contribution in [0.1, 0.15) is 0 Å². The van der Waals surface area contributed by atoms with Crippen LogP contribution in [0.5, 0.6) is 5.75 Å². The van der Waals surface area contributed by atoms with Crippen molar-refractivity contribution in [2.75, 3.05) is 19.8 Å². The molecule has 0 unspecified atom stereocenters. The summed E-state index contributed by atoms with van der Waals surface area (Å²) in [4.78, 5) is 11.2. The number of halogens is 4. The minimum Gasteiger partial charge on any atom is -0.484 e. The molecule has 1 amide bonds. The van der Waals surface area contributed by atoms with Gasteiger partial charge in [0, 0.05) is 6.07 Å². The van der Waals surface area contributed by atoms with E-state index in [4.69, 9.17) is 33.0 Å². The fourth-order valence-corrected chi connectivity index (χ4v) is 1.34. The number of carbonyl (C=O) groups is 1. The Balaban J connectivity index is 2.40. The lowest BCUT2D eigenvalue weighted by molar-refractivity contribution is -0.126. The van der Waals surface area contributed by atoms with E-state index in [-0.39, 0.29) is 5.02 Å². The lowest BCUT2D eigenvalue weighted by Gasteiger charge is -2.14. The summed E-state index contributed by atoms with van der Waals surface area (Å²) in [6, 6.07) is 4.38. The van der Waals surface area contributed by atoms with Crippen molar-refractivity contribution in [3.05, 3.63) is 28.2 Å². The molecular formula is C11H11Cl2F2NO3. The van der Waals surface area contributed by atoms with Gasteiger partial charge in [-0.05, 0) is 12.1 Å². The molecule has 0 fully saturated rings. The number of aliphatic hydroxyl groups is 1. The number of nitrogens with one attached hydrogen (secondary N) is 1. The summed E-state index contributed by atoms with van der Waals surface area (Å²) in [5.74, 6) is -3.79. The van der Waals surface area contributed by atoms with E-state index < -0.39 is 31.6 Å². The van der Waals surface area contributed by atoms with Crippen LogP contribution >= 0.6 is 23.2 Å². The highest BCUT2D eigenvalue weighted by atomic mass is 35.5. The average molecular weight is 314 g/mol. The molecule has 0 saturated heterocycles. The number of alkyl halides is 2. The van der Waals surface area contributed by atoms with E-state index in [0.29, 0.717) is 10.8 Å². The Hall–Kier alpha value is -1.11. The summed E-state index contributed by atoms with van der Waals surface area (Å²) in [7, 11) is 0. The van der Waals surface area contributed by atoms with Gasteiger partial charge in [-0.3, -0.25) is 4.79 Å². The third-order valence-electron chi connectivity index (χ3n) is 2.04. The van der Waals surface area contributed by atoms with Gasteiger partial charge in [-0.25, -0.2) is 8.78 Å². The number of ether oxygens (including phenoxy) is 1. The third-order valence-corrected chi connectivity index (χ3v) is 2.78. The van der Waals surface area contributed by atoms with Gasteiger partial charge in [0.1, 0.15) is 12.4 Å². The van der Waals surface area contributed by atoms with Crippen LogP contribution in [0.15, 0.2) is 18.2 Å². The molecule has 0 atom stereocenters. The lowest BCUT2D eigenvalue weighted by atomic mass is 10.3. The van der Waals surface area contributed by atoms with Gasteiger partial charge in [-0.15, -0.1) is 0 Å². The van der Waals surface area contributed by atoms with Crippen LogP contribution in [-0.2, 0) is 4.79 Å². The molecule has 0 spiro atoms. The first-order chi connectivity index (χ1) is 8.84. The molecule has 0 bridgehead atoms. The second kappa shape index (κ2) is 6.88. The Morgan fingerprint density at radius 3 is 2.63 bits per heavy atom. The SMILES string of the molecule is O=C(COc1ccc(Cl)c(Cl)c1)NCC(F)(F)CO. The summed E-state index contributed by atoms with van der Waals surface area (Å²) in [5, 5.41) is 10.8. The summed E-state index contributed by atoms with van der Waals surface area (Å²) in [6.45, 7) is -2.73. The zero-order chi connectivity index (χ0) is 14.5. The molecule has 0 heterocycles. The molecule has 2 N–H and O–H groups in total. The molecule has 106 valence electrons. The number of carbonyl (C=O) groups excluding carboxylic acids is 1. The molecule has 0 aliphatic carbocycles. The molecule has 0 radical (unpaired) electrons. The standard InChI is InChI=1S/C11H11Cl2F2NO3/c12-8-2-1-7(3-9(8)13)19-4-10(18)16-5-11(14,15)6-17/h1-3,17H,4-6H2,(H,16,18). The number of benzene rings is 1. The highest BCUT2D eigenvalue weighted by molar-refractivity contribution is 6.42. The van der Waals surface area contributed by atoms with Gasteiger partial charge in [-0.2, -0.15) is 0 Å². The average Bonchev–Trinajstić information content (AvgIpc) is 2.38. The van der Waals surface area contributed by atoms with Crippen LogP contribution in [0.25, 0.3) is 0 Å². The summed E-state index contributed by atoms with van der Waals surface area (Å²) < 4.78 is 30.3. The molecule has 0 aromatic heterocycles. The first-order valence-corrected chi connectivity index (χ1v) is 5.93. The van der Waals surface area contributed by atoms with Gasteiger partial charge >= 0.3 is 0 Å². The molecule has 8 heteroatoms. The van der Waals surface area contributed by atoms with E-state index in [2.05, 4.69) is 0 Å². The fourth-order valence-electron chi connectivity index (χ4n) is 1.05. The molecule has 4 nitrogen and oxygen atoms in total. The number of rotatable bonds is 6. The Bertz CT molecular complexity index is 458. The predicted molar refractivity (Wildman–Crippen MR) is 67.0 cm³/mol. The third kappa shape index (κ3) is 5.59. The van der Waals surface area contributed by atoms with Gasteiger partial charge in [0.15, 0.2) is 6.61 Å². The van der Waals surface area contributed by atoms with Crippen LogP contribution in [0, 0.1) is 0 Å². The molecule has 1 aromatic carbocycles. The van der Waals surface area contributed by atoms with Crippen molar-refractivity contribution in [1.82, 2.24) is 5.32 Å². The lowest BCUT2D eigenvalue weighted by Crippen LogP contribution is -2.40. The van der Waals surface area contributed by atoms with Gasteiger partial charge in [0.2, 0.25) is 0 Å². The van der Waals surface area contributed by atoms with Crippen molar-refractivity contribution >= 4 is 29.1 Å². The quantitative estimate of drug-likeness (QED) is 0.845. The van der Waals surface area contributed by atoms with E-state index in [1.807, 2.05) is 5.32 Å². The van der Waals surface area contributed by atoms with Crippen molar-refractivity contribution < 1.29 is 23.4 Å². The van der Waals surface area contributed by atoms with E-state index in [1.54, 1.807) is 0 Å². The largest absolute Gasteiger partial charge is 0.484 e. The highest BCUT2D eigenvalue weighted by Gasteiger charge is 2.28. The van der Waals surface area contributed by atoms with Crippen molar-refractivity contribution in [2.45, 2.75) is 5.92 Å². The van der Waals surface area contributed by atoms with Gasteiger partial charge in [-0.1, -0.05) is 23.2 Å². The Kier molecular flexibility index (Phi) is 5.78. The molecule has 0 saturated carbocycles. The van der Waals surface area contributed by atoms with Crippen molar-refractivity contribution in [2.24, 2.45) is 0 Å². The maximum atomic E-state index is 12.6. The minimum absolute atomic E-state index is 0.256. The molecule has 0 aliphatic rings. The second-order valence-electron chi connectivity index (χ2n) is 3.66. The number of hydrogen-bond donors (Lipinski definition) is 2. The molecule has 0 aliphatic heterocycles. The van der Waals surface area contributed by atoms with Crippen molar-refractivity contribution in [3.8, 4) is 5.75 Å². The Morgan fingerprint density at radius 1 is 1.37 bits per heavy atom. The maximum absolute atomic E-state index is 12.6. The van der Waals surface area contributed by atoms with Crippen molar-refractivity contribution in [3.63, 3.8) is 0 Å². The van der Waals surface area contributed by atoms with E-state index in [0.717, 1.165) is 0 Å². The van der Waals surface area contributed by atoms with Crippen LogP contribution in [0.3, 0.4) is 0 Å². The van der Waals surface area contributed by atoms with Crippen LogP contribution in [0.4, 0.5) is 8.78 Å². The number of amides is 1. The first-order valence-electron chi connectivity index (χ1n) is 5.17. The van der Waals surface area contributed by atoms with Crippen LogP contribution < -0.4 is 10.1 Å². The fraction of sp³-hybridized carbons (Fsp3) is 0.364. The summed E-state index contributed by atoms with van der Waals surface area (Å²) >= 11 is 11.4. The molecule has 1 aromatic rings. The molecule has 19 heavy (non-hydrogen) atoms. The van der Waals surface area contributed by atoms with Crippen LogP contribution in [-0.4, -0.2) is 36.7 Å². The first kappa shape index (κ1) is 15.9. The van der Waals surface area contributed by atoms with Crippen LogP contribution in [0.2, 0.25) is 10.0 Å². The zero-order valence-electron chi connectivity index (χ0n) is 9.63. The number of aliphatic hydroxyl groups excluding tert-OH is 1. The van der Waals surface area contributed by atoms with Gasteiger partial charge < -0.3 is 15.2 Å². The summed E-state index contributed by atoms with van der Waals surface area (Å²) in [5.41, 5.74) is 0. The predicted octanol–water partition coefficient (Wildman–Crippen LogP) is 2.12. The van der Waals surface area contributed by atoms with Crippen molar-refractivity contribution in [1.29, 1.82) is 0 Å². The highest BCUT2D eigenvalue weighted by Crippen LogP contribution is 2.26. The normalized spacial score (nSPS) is 11.2. The topological polar surface area (TPSA) is 58.6 Å². The monoisotopic (exact) mass is 313 g/mol. The Morgan fingerprint density at radius 2 is 2.05 bits per heavy atom. The van der Waals surface area contributed by atoms with E-state index in [9.17, 15) is 13.6 Å². The Labute approximate surface area is 118 Å². The van der Waals surface area contributed by atoms with Gasteiger partial charge in [0.05, 0.1) is 16.6 Å². The molecular weight excluding hydrogens is 303 g/mol. The number of hydrogen-bond acceptors (Lipinski definition) is 3. The smallest absolute Gasteiger partial charge is 0.287 e. The van der Waals surface area contributed by atoms with E-state index >= 15 is 0 Å². The maximum Gasteiger partial charge on any atom is 0.287 e. The molecule has 1 rings (SSSR count). The van der Waals surface area contributed by atoms with Gasteiger partial charge in [0.25, 0.3) is 11.8 Å².